The first-order valence-electron chi connectivity index (χ1n) is 6.25. The monoisotopic (exact) mass is 368 g/mol. The zero-order valence-electron chi connectivity index (χ0n) is 11.3. The Bertz CT molecular complexity index is 795. The summed E-state index contributed by atoms with van der Waals surface area (Å²) in [4.78, 5) is 25.8. The van der Waals surface area contributed by atoms with Crippen molar-refractivity contribution in [1.82, 2.24) is 15.0 Å². The highest BCUT2D eigenvalue weighted by Gasteiger charge is 2.14. The number of halogens is 1. The van der Waals surface area contributed by atoms with Gasteiger partial charge in [0.2, 0.25) is 5.88 Å². The van der Waals surface area contributed by atoms with Crippen molar-refractivity contribution in [3.63, 3.8) is 0 Å². The van der Waals surface area contributed by atoms with E-state index in [1.165, 1.54) is 0 Å². The molecule has 1 aromatic heterocycles. The third kappa shape index (κ3) is 3.43. The van der Waals surface area contributed by atoms with Gasteiger partial charge in [-0.2, -0.15) is 5.10 Å². The predicted octanol–water partition coefficient (Wildman–Crippen LogP) is -0.0903. The molecule has 0 aliphatic heterocycles. The number of H-pyrrole nitrogens is 1. The fourth-order valence-electron chi connectivity index (χ4n) is 1.71. The van der Waals surface area contributed by atoms with Gasteiger partial charge in [-0.05, 0) is 24.3 Å². The summed E-state index contributed by atoms with van der Waals surface area (Å²) in [5.74, 6) is -0.523. The van der Waals surface area contributed by atoms with Gasteiger partial charge in [-0.3, -0.25) is 9.78 Å². The van der Waals surface area contributed by atoms with E-state index in [9.17, 15) is 14.7 Å². The zero-order chi connectivity index (χ0) is 16.1. The van der Waals surface area contributed by atoms with Gasteiger partial charge in [0.25, 0.3) is 5.56 Å². The van der Waals surface area contributed by atoms with Gasteiger partial charge in [0.1, 0.15) is 5.56 Å². The number of hydrogen-bond donors (Lipinski definition) is 4. The number of hydrogen-bond acceptors (Lipinski definition) is 6. The van der Waals surface area contributed by atoms with E-state index in [0.29, 0.717) is 5.69 Å². The van der Waals surface area contributed by atoms with Crippen LogP contribution in [0.2, 0.25) is 0 Å². The topological polar surface area (TPSA) is 120 Å². The number of nitrogens with one attached hydrogen (secondary N) is 2. The molecule has 1 aromatic carbocycles. The van der Waals surface area contributed by atoms with Gasteiger partial charge in [0, 0.05) is 4.47 Å². The summed E-state index contributed by atoms with van der Waals surface area (Å²) in [6.07, 6.45) is 1.08. The van der Waals surface area contributed by atoms with Gasteiger partial charge >= 0.3 is 5.69 Å². The molecule has 0 spiro atoms. The molecule has 0 amide bonds. The van der Waals surface area contributed by atoms with E-state index in [1.807, 2.05) is 0 Å². The smallest absolute Gasteiger partial charge is 0.335 e. The molecular weight excluding hydrogens is 356 g/mol. The van der Waals surface area contributed by atoms with Gasteiger partial charge in [0.05, 0.1) is 25.1 Å². The summed E-state index contributed by atoms with van der Waals surface area (Å²) in [7, 11) is 0. The second-order valence-corrected chi connectivity index (χ2v) is 5.11. The van der Waals surface area contributed by atoms with Crippen LogP contribution in [0.4, 0.5) is 0 Å². The fraction of sp³-hybridized carbons (Fsp3) is 0.154. The van der Waals surface area contributed by atoms with Crippen molar-refractivity contribution >= 4 is 22.1 Å². The largest absolute Gasteiger partial charge is 0.493 e. The number of aromatic nitrogens is 2. The Hall–Kier alpha value is -2.39. The summed E-state index contributed by atoms with van der Waals surface area (Å²) in [5.41, 5.74) is 1.18. The molecule has 0 aliphatic carbocycles. The molecule has 0 fully saturated rings. The number of rotatable bonds is 5. The zero-order valence-corrected chi connectivity index (χ0v) is 12.9. The average molecular weight is 369 g/mol. The van der Waals surface area contributed by atoms with Gasteiger partial charge in [0.15, 0.2) is 0 Å². The van der Waals surface area contributed by atoms with Crippen molar-refractivity contribution in [2.24, 2.45) is 5.10 Å². The molecule has 22 heavy (non-hydrogen) atoms. The maximum atomic E-state index is 11.9. The van der Waals surface area contributed by atoms with Gasteiger partial charge in [-0.1, -0.05) is 15.9 Å². The minimum Gasteiger partial charge on any atom is -0.493 e. The Labute approximate surface area is 132 Å². The first-order chi connectivity index (χ1) is 10.5. The molecule has 4 N–H and O–H groups in total. The quantitative estimate of drug-likeness (QED) is 0.334. The minimum atomic E-state index is -0.759. The molecule has 0 radical (unpaired) electrons. The molecule has 0 aliphatic rings. The van der Waals surface area contributed by atoms with E-state index in [0.717, 1.165) is 15.3 Å². The Balaban J connectivity index is 2.51. The summed E-state index contributed by atoms with van der Waals surface area (Å²) in [6.45, 7) is 0.0690. The summed E-state index contributed by atoms with van der Waals surface area (Å²) in [6, 6.07) is 6.61. The molecule has 0 unspecified atom stereocenters. The van der Waals surface area contributed by atoms with E-state index in [-0.39, 0.29) is 18.7 Å². The molecule has 9 heteroatoms. The highest BCUT2D eigenvalue weighted by Crippen LogP contribution is 2.17. The van der Waals surface area contributed by atoms with Crippen LogP contribution in [0.5, 0.6) is 5.88 Å². The lowest BCUT2D eigenvalue weighted by Gasteiger charge is -2.09. The molecule has 0 atom stereocenters. The molecule has 1 heterocycles. The number of benzene rings is 1. The van der Waals surface area contributed by atoms with Crippen LogP contribution in [-0.4, -0.2) is 39.1 Å². The molecule has 0 saturated heterocycles. The predicted molar refractivity (Wildman–Crippen MR) is 84.7 cm³/mol. The van der Waals surface area contributed by atoms with Crippen LogP contribution in [0.1, 0.15) is 5.56 Å². The standard InChI is InChI=1S/C13H13BrN4O4/c14-8-1-3-9(4-2-8)18-12(21)10(7-16-15-5-6-19)11(20)17-13(18)22/h1-4,7,15,19,21H,5-6H2,(H,17,20,22)/b16-7+. The maximum absolute atomic E-state index is 11.9. The van der Waals surface area contributed by atoms with Crippen LogP contribution in [0, 0.1) is 0 Å². The Morgan fingerprint density at radius 3 is 2.64 bits per heavy atom. The van der Waals surface area contributed by atoms with Gasteiger partial charge in [-0.25, -0.2) is 9.36 Å². The van der Waals surface area contributed by atoms with Crippen molar-refractivity contribution in [2.45, 2.75) is 0 Å². The third-order valence-corrected chi connectivity index (χ3v) is 3.24. The summed E-state index contributed by atoms with van der Waals surface area (Å²) >= 11 is 3.27. The van der Waals surface area contributed by atoms with Crippen molar-refractivity contribution < 1.29 is 10.2 Å². The lowest BCUT2D eigenvalue weighted by atomic mass is 10.3. The molecule has 2 rings (SSSR count). The van der Waals surface area contributed by atoms with Crippen LogP contribution in [0.3, 0.4) is 0 Å². The van der Waals surface area contributed by atoms with Crippen LogP contribution in [-0.2, 0) is 0 Å². The number of aliphatic hydroxyl groups is 1. The Kier molecular flexibility index (Phi) is 5.12. The molecule has 0 saturated carbocycles. The second-order valence-electron chi connectivity index (χ2n) is 4.20. The Morgan fingerprint density at radius 1 is 1.32 bits per heavy atom. The molecule has 2 aromatic rings. The normalized spacial score (nSPS) is 11.0. The highest BCUT2D eigenvalue weighted by molar-refractivity contribution is 9.10. The number of nitrogens with zero attached hydrogens (tertiary/aromatic N) is 2. The molecule has 116 valence electrons. The molecule has 8 nitrogen and oxygen atoms in total. The third-order valence-electron chi connectivity index (χ3n) is 2.71. The van der Waals surface area contributed by atoms with Crippen molar-refractivity contribution in [3.05, 3.63) is 55.1 Å². The number of hydrazone groups is 1. The van der Waals surface area contributed by atoms with Gasteiger partial charge in [-0.15, -0.1) is 0 Å². The SMILES string of the molecule is O=c1[nH]c(=O)n(-c2ccc(Br)cc2)c(O)c1/C=N/NCCO. The summed E-state index contributed by atoms with van der Waals surface area (Å²) < 4.78 is 1.77. The van der Waals surface area contributed by atoms with Gasteiger partial charge < -0.3 is 15.6 Å². The average Bonchev–Trinajstić information content (AvgIpc) is 2.48. The lowest BCUT2D eigenvalue weighted by Crippen LogP contribution is -2.31. The number of aromatic hydroxyl groups is 1. The number of aromatic amines is 1. The van der Waals surface area contributed by atoms with Crippen LogP contribution < -0.4 is 16.7 Å². The van der Waals surface area contributed by atoms with E-state index in [2.05, 4.69) is 31.4 Å². The second kappa shape index (κ2) is 7.05. The van der Waals surface area contributed by atoms with E-state index in [4.69, 9.17) is 5.11 Å². The highest BCUT2D eigenvalue weighted by atomic mass is 79.9. The van der Waals surface area contributed by atoms with E-state index >= 15 is 0 Å². The van der Waals surface area contributed by atoms with Crippen LogP contribution >= 0.6 is 15.9 Å². The van der Waals surface area contributed by atoms with Crippen molar-refractivity contribution in [2.75, 3.05) is 13.2 Å². The first kappa shape index (κ1) is 16.0. The minimum absolute atomic E-state index is 0.127. The molecular formula is C13H13BrN4O4. The van der Waals surface area contributed by atoms with E-state index in [1.54, 1.807) is 24.3 Å². The Morgan fingerprint density at radius 2 is 2.00 bits per heavy atom. The van der Waals surface area contributed by atoms with Crippen molar-refractivity contribution in [3.8, 4) is 11.6 Å². The van der Waals surface area contributed by atoms with Crippen LogP contribution in [0.25, 0.3) is 5.69 Å². The molecule has 0 bridgehead atoms. The lowest BCUT2D eigenvalue weighted by molar-refractivity contribution is 0.294. The van der Waals surface area contributed by atoms with Crippen molar-refractivity contribution in [1.29, 1.82) is 0 Å². The first-order valence-corrected chi connectivity index (χ1v) is 7.05. The van der Waals surface area contributed by atoms with Crippen LogP contribution in [0.15, 0.2) is 43.4 Å². The maximum Gasteiger partial charge on any atom is 0.335 e. The fourth-order valence-corrected chi connectivity index (χ4v) is 1.97. The summed E-state index contributed by atoms with van der Waals surface area (Å²) in [5, 5.41) is 22.5. The number of aliphatic hydroxyl groups excluding tert-OH is 1. The van der Waals surface area contributed by atoms with E-state index < -0.39 is 17.1 Å².